The molecule has 6 heteroatoms. The molecule has 0 aliphatic heterocycles. The zero-order chi connectivity index (χ0) is 16.9. The maximum Gasteiger partial charge on any atom is 0.315 e. The summed E-state index contributed by atoms with van der Waals surface area (Å²) >= 11 is 0. The van der Waals surface area contributed by atoms with Crippen LogP contribution in [0, 0.1) is 5.92 Å². The van der Waals surface area contributed by atoms with Gasteiger partial charge in [-0.2, -0.15) is 0 Å². The molecule has 2 aromatic heterocycles. The van der Waals surface area contributed by atoms with E-state index in [4.69, 9.17) is 4.42 Å². The summed E-state index contributed by atoms with van der Waals surface area (Å²) in [5.74, 6) is 0.587. The fraction of sp³-hybridized carbons (Fsp3) is 0.412. The summed E-state index contributed by atoms with van der Waals surface area (Å²) in [6.45, 7) is 5.65. The van der Waals surface area contributed by atoms with Crippen LogP contribution < -0.4 is 10.6 Å². The van der Waals surface area contributed by atoms with Crippen LogP contribution in [0.3, 0.4) is 0 Å². The van der Waals surface area contributed by atoms with E-state index in [1.807, 2.05) is 32.0 Å². The molecule has 0 aromatic carbocycles. The number of carbonyl (C=O) groups is 1. The Morgan fingerprint density at radius 1 is 1.35 bits per heavy atom. The van der Waals surface area contributed by atoms with Gasteiger partial charge in [-0.1, -0.05) is 19.9 Å². The first-order valence-corrected chi connectivity index (χ1v) is 7.62. The Morgan fingerprint density at radius 3 is 2.70 bits per heavy atom. The lowest BCUT2D eigenvalue weighted by Crippen LogP contribution is -2.45. The third kappa shape index (κ3) is 4.56. The van der Waals surface area contributed by atoms with Gasteiger partial charge >= 0.3 is 6.03 Å². The summed E-state index contributed by atoms with van der Waals surface area (Å²) in [5, 5.41) is 15.9. The second-order valence-electron chi connectivity index (χ2n) is 6.05. The summed E-state index contributed by atoms with van der Waals surface area (Å²) in [7, 11) is 0. The Kier molecular flexibility index (Phi) is 5.39. The lowest BCUT2D eigenvalue weighted by atomic mass is 10.0. The fourth-order valence-corrected chi connectivity index (χ4v) is 2.26. The minimum absolute atomic E-state index is 0.0411. The van der Waals surface area contributed by atoms with Gasteiger partial charge in [-0.3, -0.25) is 4.98 Å². The summed E-state index contributed by atoms with van der Waals surface area (Å²) in [4.78, 5) is 16.5. The van der Waals surface area contributed by atoms with E-state index in [2.05, 4.69) is 15.6 Å². The van der Waals surface area contributed by atoms with Crippen molar-refractivity contribution in [2.45, 2.75) is 32.4 Å². The summed E-state index contributed by atoms with van der Waals surface area (Å²) in [6.07, 6.45) is 3.19. The highest BCUT2D eigenvalue weighted by molar-refractivity contribution is 5.74. The monoisotopic (exact) mass is 317 g/mol. The standard InChI is InChI=1S/C17H23N3O3/c1-12(2)15(13-7-4-5-9-18-13)20-16(21)19-11-17(3,22)14-8-6-10-23-14/h4-10,12,15,22H,11H2,1-3H3,(H2,19,20,21). The van der Waals surface area contributed by atoms with Gasteiger partial charge in [-0.15, -0.1) is 0 Å². The molecular weight excluding hydrogens is 294 g/mol. The van der Waals surface area contributed by atoms with Crippen molar-refractivity contribution in [1.29, 1.82) is 0 Å². The summed E-state index contributed by atoms with van der Waals surface area (Å²) in [5.41, 5.74) is -0.463. The molecule has 0 saturated heterocycles. The highest BCUT2D eigenvalue weighted by Gasteiger charge is 2.27. The van der Waals surface area contributed by atoms with Gasteiger partial charge < -0.3 is 20.2 Å². The molecule has 0 aliphatic carbocycles. The maximum atomic E-state index is 12.2. The Balaban J connectivity index is 1.95. The smallest absolute Gasteiger partial charge is 0.315 e. The van der Waals surface area contributed by atoms with Crippen LogP contribution in [0.15, 0.2) is 47.2 Å². The molecule has 0 aliphatic rings. The highest BCUT2D eigenvalue weighted by Crippen LogP contribution is 2.21. The highest BCUT2D eigenvalue weighted by atomic mass is 16.4. The number of pyridine rings is 1. The van der Waals surface area contributed by atoms with Gasteiger partial charge in [0.15, 0.2) is 0 Å². The number of hydrogen-bond acceptors (Lipinski definition) is 4. The zero-order valence-electron chi connectivity index (χ0n) is 13.6. The molecule has 2 aromatic rings. The number of hydrogen-bond donors (Lipinski definition) is 3. The lowest BCUT2D eigenvalue weighted by molar-refractivity contribution is 0.0366. The molecule has 2 rings (SSSR count). The first kappa shape index (κ1) is 17.0. The summed E-state index contributed by atoms with van der Waals surface area (Å²) in [6, 6.07) is 8.40. The van der Waals surface area contributed by atoms with Gasteiger partial charge in [0.1, 0.15) is 11.4 Å². The van der Waals surface area contributed by atoms with E-state index in [0.717, 1.165) is 5.69 Å². The largest absolute Gasteiger partial charge is 0.466 e. The molecule has 2 atom stereocenters. The number of carbonyl (C=O) groups excluding carboxylic acids is 1. The van der Waals surface area contributed by atoms with Gasteiger partial charge in [0.05, 0.1) is 24.5 Å². The van der Waals surface area contributed by atoms with Crippen LogP contribution in [0.2, 0.25) is 0 Å². The van der Waals surface area contributed by atoms with Crippen LogP contribution in [0.25, 0.3) is 0 Å². The average molecular weight is 317 g/mol. The molecule has 124 valence electrons. The predicted molar refractivity (Wildman–Crippen MR) is 86.6 cm³/mol. The predicted octanol–water partition coefficient (Wildman–Crippen LogP) is 2.58. The number of amides is 2. The molecule has 0 radical (unpaired) electrons. The first-order chi connectivity index (χ1) is 10.9. The number of rotatable bonds is 6. The van der Waals surface area contributed by atoms with Gasteiger partial charge in [-0.05, 0) is 37.1 Å². The van der Waals surface area contributed by atoms with Gasteiger partial charge in [-0.25, -0.2) is 4.79 Å². The van der Waals surface area contributed by atoms with Crippen LogP contribution in [-0.2, 0) is 5.60 Å². The third-order valence-electron chi connectivity index (χ3n) is 3.60. The topological polar surface area (TPSA) is 87.4 Å². The van der Waals surface area contributed by atoms with E-state index < -0.39 is 5.60 Å². The average Bonchev–Trinajstić information content (AvgIpc) is 3.06. The van der Waals surface area contributed by atoms with Crippen molar-refractivity contribution in [2.75, 3.05) is 6.54 Å². The Labute approximate surface area is 135 Å². The lowest BCUT2D eigenvalue weighted by Gasteiger charge is -2.25. The minimum Gasteiger partial charge on any atom is -0.466 e. The normalized spacial score (nSPS) is 15.0. The van der Waals surface area contributed by atoms with Crippen LogP contribution in [-0.4, -0.2) is 22.7 Å². The zero-order valence-corrected chi connectivity index (χ0v) is 13.6. The number of urea groups is 1. The Bertz CT molecular complexity index is 609. The molecule has 0 saturated carbocycles. The van der Waals surface area contributed by atoms with Gasteiger partial charge in [0.2, 0.25) is 0 Å². The van der Waals surface area contributed by atoms with E-state index in [1.165, 1.54) is 6.26 Å². The second-order valence-corrected chi connectivity index (χ2v) is 6.05. The van der Waals surface area contributed by atoms with Crippen LogP contribution in [0.1, 0.15) is 38.3 Å². The van der Waals surface area contributed by atoms with Gasteiger partial charge in [0, 0.05) is 6.20 Å². The molecule has 2 unspecified atom stereocenters. The molecule has 2 amide bonds. The van der Waals surface area contributed by atoms with E-state index in [0.29, 0.717) is 5.76 Å². The second kappa shape index (κ2) is 7.28. The SMILES string of the molecule is CC(C)C(NC(=O)NCC(C)(O)c1ccco1)c1ccccn1. The van der Waals surface area contributed by atoms with E-state index in [1.54, 1.807) is 25.3 Å². The van der Waals surface area contributed by atoms with Crippen LogP contribution in [0.5, 0.6) is 0 Å². The molecule has 6 nitrogen and oxygen atoms in total. The third-order valence-corrected chi connectivity index (χ3v) is 3.60. The number of aliphatic hydroxyl groups is 1. The van der Waals surface area contributed by atoms with Crippen molar-refractivity contribution in [3.63, 3.8) is 0 Å². The quantitative estimate of drug-likeness (QED) is 0.764. The number of furan rings is 1. The molecule has 2 heterocycles. The molecular formula is C17H23N3O3. The molecule has 0 fully saturated rings. The van der Waals surface area contributed by atoms with Crippen LogP contribution in [0.4, 0.5) is 4.79 Å². The van der Waals surface area contributed by atoms with Crippen molar-refractivity contribution < 1.29 is 14.3 Å². The molecule has 3 N–H and O–H groups in total. The van der Waals surface area contributed by atoms with Crippen molar-refractivity contribution >= 4 is 6.03 Å². The maximum absolute atomic E-state index is 12.2. The molecule has 23 heavy (non-hydrogen) atoms. The first-order valence-electron chi connectivity index (χ1n) is 7.62. The van der Waals surface area contributed by atoms with E-state index in [9.17, 15) is 9.90 Å². The fourth-order valence-electron chi connectivity index (χ4n) is 2.26. The van der Waals surface area contributed by atoms with Crippen molar-refractivity contribution in [1.82, 2.24) is 15.6 Å². The van der Waals surface area contributed by atoms with Crippen LogP contribution >= 0.6 is 0 Å². The van der Waals surface area contributed by atoms with Crippen molar-refractivity contribution in [2.24, 2.45) is 5.92 Å². The van der Waals surface area contributed by atoms with E-state index >= 15 is 0 Å². The minimum atomic E-state index is -1.26. The Morgan fingerprint density at radius 2 is 2.13 bits per heavy atom. The van der Waals surface area contributed by atoms with Crippen molar-refractivity contribution in [3.8, 4) is 0 Å². The molecule has 0 spiro atoms. The summed E-state index contributed by atoms with van der Waals surface area (Å²) < 4.78 is 5.19. The van der Waals surface area contributed by atoms with Crippen molar-refractivity contribution in [3.05, 3.63) is 54.2 Å². The molecule has 0 bridgehead atoms. The number of nitrogens with one attached hydrogen (secondary N) is 2. The number of aromatic nitrogens is 1. The Hall–Kier alpha value is -2.34. The van der Waals surface area contributed by atoms with Gasteiger partial charge in [0.25, 0.3) is 0 Å². The van der Waals surface area contributed by atoms with E-state index in [-0.39, 0.29) is 24.5 Å². The number of nitrogens with zero attached hydrogens (tertiary/aromatic N) is 1.